The molecule has 1 N–H and O–H groups in total. The molecular formula is C20H20Cl2N4O3S. The lowest BCUT2D eigenvalue weighted by molar-refractivity contribution is -0.113. The largest absolute Gasteiger partial charge is 0.493 e. The number of thioether (sulfide) groups is 1. The number of ether oxygens (including phenoxy) is 2. The molecule has 3 rings (SSSR count). The Hall–Kier alpha value is -2.42. The van der Waals surface area contributed by atoms with Crippen molar-refractivity contribution < 1.29 is 14.3 Å². The number of para-hydroxylation sites is 2. The van der Waals surface area contributed by atoms with Gasteiger partial charge in [-0.25, -0.2) is 0 Å². The number of methoxy groups -OCH3 is 1. The number of carbonyl (C=O) groups is 1. The summed E-state index contributed by atoms with van der Waals surface area (Å²) in [6.45, 7) is 2.85. The van der Waals surface area contributed by atoms with Gasteiger partial charge in [-0.15, -0.1) is 10.2 Å². The minimum absolute atomic E-state index is 0.147. The summed E-state index contributed by atoms with van der Waals surface area (Å²) in [6, 6.07) is 12.5. The molecule has 0 atom stereocenters. The molecule has 30 heavy (non-hydrogen) atoms. The summed E-state index contributed by atoms with van der Waals surface area (Å²) in [6.07, 6.45) is 0. The number of amides is 1. The maximum atomic E-state index is 12.3. The first kappa shape index (κ1) is 22.3. The highest BCUT2D eigenvalue weighted by molar-refractivity contribution is 7.99. The van der Waals surface area contributed by atoms with Crippen molar-refractivity contribution in [2.24, 2.45) is 0 Å². The second-order valence-electron chi connectivity index (χ2n) is 6.02. The van der Waals surface area contributed by atoms with Crippen molar-refractivity contribution >= 4 is 46.6 Å². The number of hydrogen-bond donors (Lipinski definition) is 1. The quantitative estimate of drug-likeness (QED) is 0.450. The van der Waals surface area contributed by atoms with E-state index in [0.717, 1.165) is 0 Å². The number of benzene rings is 2. The molecule has 0 saturated heterocycles. The number of aromatic nitrogens is 3. The Labute approximate surface area is 188 Å². The van der Waals surface area contributed by atoms with E-state index in [4.69, 9.17) is 32.7 Å². The second-order valence-corrected chi connectivity index (χ2v) is 7.75. The van der Waals surface area contributed by atoms with Crippen LogP contribution in [0.2, 0.25) is 10.0 Å². The second kappa shape index (κ2) is 10.6. The summed E-state index contributed by atoms with van der Waals surface area (Å²) in [7, 11) is 1.59. The third-order valence-corrected chi connectivity index (χ3v) is 5.88. The van der Waals surface area contributed by atoms with Crippen LogP contribution in [-0.4, -0.2) is 33.5 Å². The maximum Gasteiger partial charge on any atom is 0.234 e. The smallest absolute Gasteiger partial charge is 0.234 e. The van der Waals surface area contributed by atoms with E-state index in [1.165, 1.54) is 11.8 Å². The van der Waals surface area contributed by atoms with E-state index in [-0.39, 0.29) is 18.3 Å². The van der Waals surface area contributed by atoms with Gasteiger partial charge in [0.1, 0.15) is 6.61 Å². The van der Waals surface area contributed by atoms with E-state index in [2.05, 4.69) is 15.5 Å². The first-order chi connectivity index (χ1) is 14.5. The first-order valence-electron chi connectivity index (χ1n) is 9.08. The monoisotopic (exact) mass is 466 g/mol. The fourth-order valence-electron chi connectivity index (χ4n) is 2.65. The number of halogens is 2. The van der Waals surface area contributed by atoms with Gasteiger partial charge in [0.15, 0.2) is 22.5 Å². The Morgan fingerprint density at radius 3 is 2.63 bits per heavy atom. The SMILES string of the molecule is CCn1c(COc2ccccc2OC)nnc1SCC(=O)Nc1cccc(Cl)c1Cl. The Bertz CT molecular complexity index is 1030. The lowest BCUT2D eigenvalue weighted by Gasteiger charge is -2.11. The molecule has 1 aromatic heterocycles. The van der Waals surface area contributed by atoms with Crippen LogP contribution in [0.4, 0.5) is 5.69 Å². The van der Waals surface area contributed by atoms with E-state index < -0.39 is 0 Å². The van der Waals surface area contributed by atoms with Gasteiger partial charge in [-0.1, -0.05) is 53.2 Å². The Kier molecular flexibility index (Phi) is 7.84. The molecule has 0 aliphatic heterocycles. The maximum absolute atomic E-state index is 12.3. The number of hydrogen-bond acceptors (Lipinski definition) is 6. The normalized spacial score (nSPS) is 10.7. The number of nitrogens with zero attached hydrogens (tertiary/aromatic N) is 3. The van der Waals surface area contributed by atoms with Gasteiger partial charge in [0.2, 0.25) is 5.91 Å². The fraction of sp³-hybridized carbons (Fsp3) is 0.250. The third-order valence-electron chi connectivity index (χ3n) is 4.09. The lowest BCUT2D eigenvalue weighted by atomic mass is 10.3. The van der Waals surface area contributed by atoms with Crippen LogP contribution in [0, 0.1) is 0 Å². The van der Waals surface area contributed by atoms with Crippen LogP contribution >= 0.6 is 35.0 Å². The molecule has 2 aromatic carbocycles. The predicted octanol–water partition coefficient (Wildman–Crippen LogP) is 4.92. The Balaban J connectivity index is 1.61. The summed E-state index contributed by atoms with van der Waals surface area (Å²) in [5, 5.41) is 12.5. The van der Waals surface area contributed by atoms with Crippen LogP contribution < -0.4 is 14.8 Å². The zero-order valence-electron chi connectivity index (χ0n) is 16.4. The van der Waals surface area contributed by atoms with E-state index in [9.17, 15) is 4.79 Å². The van der Waals surface area contributed by atoms with E-state index in [1.807, 2.05) is 35.8 Å². The van der Waals surface area contributed by atoms with Crippen LogP contribution in [0.15, 0.2) is 47.6 Å². The Morgan fingerprint density at radius 1 is 1.13 bits per heavy atom. The molecule has 10 heteroatoms. The van der Waals surface area contributed by atoms with Crippen molar-refractivity contribution in [2.75, 3.05) is 18.2 Å². The molecule has 0 unspecified atom stereocenters. The van der Waals surface area contributed by atoms with Gasteiger partial charge in [-0.2, -0.15) is 0 Å². The van der Waals surface area contributed by atoms with Gasteiger partial charge >= 0.3 is 0 Å². The van der Waals surface area contributed by atoms with Gasteiger partial charge in [-0.3, -0.25) is 4.79 Å². The number of nitrogens with one attached hydrogen (secondary N) is 1. The van der Waals surface area contributed by atoms with Gasteiger partial charge in [-0.05, 0) is 31.2 Å². The lowest BCUT2D eigenvalue weighted by Crippen LogP contribution is -2.15. The Morgan fingerprint density at radius 2 is 1.90 bits per heavy atom. The topological polar surface area (TPSA) is 78.3 Å². The van der Waals surface area contributed by atoms with Gasteiger partial charge < -0.3 is 19.4 Å². The molecule has 1 heterocycles. The summed E-state index contributed by atoms with van der Waals surface area (Å²) in [4.78, 5) is 12.3. The minimum Gasteiger partial charge on any atom is -0.493 e. The highest BCUT2D eigenvalue weighted by Gasteiger charge is 2.15. The van der Waals surface area contributed by atoms with Crippen molar-refractivity contribution in [1.29, 1.82) is 0 Å². The average Bonchev–Trinajstić information content (AvgIpc) is 3.16. The van der Waals surface area contributed by atoms with Crippen molar-refractivity contribution in [3.63, 3.8) is 0 Å². The van der Waals surface area contributed by atoms with Crippen LogP contribution in [-0.2, 0) is 17.9 Å². The number of rotatable bonds is 9. The van der Waals surface area contributed by atoms with Crippen LogP contribution in [0.25, 0.3) is 0 Å². The van der Waals surface area contributed by atoms with E-state index in [0.29, 0.717) is 44.8 Å². The zero-order chi connectivity index (χ0) is 21.5. The third kappa shape index (κ3) is 5.38. The van der Waals surface area contributed by atoms with Crippen LogP contribution in [0.1, 0.15) is 12.7 Å². The van der Waals surface area contributed by atoms with Crippen molar-refractivity contribution in [3.8, 4) is 11.5 Å². The molecule has 158 valence electrons. The van der Waals surface area contributed by atoms with Crippen molar-refractivity contribution in [2.45, 2.75) is 25.2 Å². The molecule has 3 aromatic rings. The first-order valence-corrected chi connectivity index (χ1v) is 10.8. The van der Waals surface area contributed by atoms with Gasteiger partial charge in [0.25, 0.3) is 0 Å². The van der Waals surface area contributed by atoms with Crippen LogP contribution in [0.5, 0.6) is 11.5 Å². The summed E-state index contributed by atoms with van der Waals surface area (Å²) < 4.78 is 13.0. The van der Waals surface area contributed by atoms with Gasteiger partial charge in [0, 0.05) is 6.54 Å². The highest BCUT2D eigenvalue weighted by atomic mass is 35.5. The minimum atomic E-state index is -0.221. The van der Waals surface area contributed by atoms with E-state index >= 15 is 0 Å². The van der Waals surface area contributed by atoms with E-state index in [1.54, 1.807) is 25.3 Å². The molecule has 0 spiro atoms. The van der Waals surface area contributed by atoms with Crippen molar-refractivity contribution in [1.82, 2.24) is 14.8 Å². The van der Waals surface area contributed by atoms with Crippen LogP contribution in [0.3, 0.4) is 0 Å². The molecule has 7 nitrogen and oxygen atoms in total. The number of carbonyl (C=O) groups excluding carboxylic acids is 1. The molecule has 0 aliphatic rings. The zero-order valence-corrected chi connectivity index (χ0v) is 18.7. The number of anilines is 1. The van der Waals surface area contributed by atoms with Gasteiger partial charge in [0.05, 0.1) is 28.6 Å². The standard InChI is InChI=1S/C20H20Cl2N4O3S/c1-3-26-17(11-29-16-10-5-4-9-15(16)28-2)24-25-20(26)30-12-18(27)23-14-8-6-7-13(21)19(14)22/h4-10H,3,11-12H2,1-2H3,(H,23,27). The molecule has 0 saturated carbocycles. The summed E-state index contributed by atoms with van der Waals surface area (Å²) in [5.74, 6) is 1.85. The predicted molar refractivity (Wildman–Crippen MR) is 119 cm³/mol. The molecule has 1 amide bonds. The average molecular weight is 467 g/mol. The molecule has 0 radical (unpaired) electrons. The highest BCUT2D eigenvalue weighted by Crippen LogP contribution is 2.30. The molecule has 0 aliphatic carbocycles. The summed E-state index contributed by atoms with van der Waals surface area (Å²) in [5.41, 5.74) is 0.470. The summed E-state index contributed by atoms with van der Waals surface area (Å²) >= 11 is 13.4. The fourth-order valence-corrected chi connectivity index (χ4v) is 3.82. The molecule has 0 bridgehead atoms. The molecule has 0 fully saturated rings. The molecular weight excluding hydrogens is 447 g/mol. The van der Waals surface area contributed by atoms with Crippen molar-refractivity contribution in [3.05, 3.63) is 58.3 Å².